The van der Waals surface area contributed by atoms with E-state index >= 15 is 0 Å². The Kier molecular flexibility index (Phi) is 3.16. The average molecular weight is 279 g/mol. The number of rotatable bonds is 3. The number of amides is 2. The van der Waals surface area contributed by atoms with Crippen LogP contribution in [0.15, 0.2) is 54.7 Å². The predicted octanol–water partition coefficient (Wildman–Crippen LogP) is 2.52. The first kappa shape index (κ1) is 12.9. The largest absolute Gasteiger partial charge is 0.366 e. The molecule has 0 aliphatic carbocycles. The first-order valence-corrected chi connectivity index (χ1v) is 6.42. The number of carbonyl (C=O) groups excluding carboxylic acids is 2. The fraction of sp³-hybridized carbons (Fsp3) is 0. The van der Waals surface area contributed by atoms with Crippen LogP contribution >= 0.6 is 0 Å². The molecule has 1 heterocycles. The molecule has 0 aliphatic rings. The van der Waals surface area contributed by atoms with Gasteiger partial charge in [0.05, 0.1) is 11.3 Å². The van der Waals surface area contributed by atoms with Gasteiger partial charge in [0.25, 0.3) is 11.8 Å². The Bertz CT molecular complexity index is 836. The maximum Gasteiger partial charge on any atom is 0.255 e. The van der Waals surface area contributed by atoms with Crippen LogP contribution in [0.5, 0.6) is 0 Å². The number of fused-ring (bicyclic) bond motifs is 1. The van der Waals surface area contributed by atoms with Gasteiger partial charge in [0.2, 0.25) is 0 Å². The highest BCUT2D eigenvalue weighted by molar-refractivity contribution is 6.09. The van der Waals surface area contributed by atoms with E-state index in [4.69, 9.17) is 5.73 Å². The van der Waals surface area contributed by atoms with E-state index in [2.05, 4.69) is 10.3 Å². The Morgan fingerprint density at radius 1 is 1.05 bits per heavy atom. The van der Waals surface area contributed by atoms with Crippen molar-refractivity contribution in [2.45, 2.75) is 0 Å². The third-order valence-electron chi connectivity index (χ3n) is 3.26. The molecule has 104 valence electrons. The van der Waals surface area contributed by atoms with Crippen LogP contribution in [-0.4, -0.2) is 16.8 Å². The number of aromatic nitrogens is 1. The second kappa shape index (κ2) is 5.13. The third kappa shape index (κ3) is 2.49. The third-order valence-corrected chi connectivity index (χ3v) is 3.26. The zero-order valence-corrected chi connectivity index (χ0v) is 11.1. The standard InChI is InChI=1S/C16H13N3O2/c17-15(20)12-3-1-2-4-13(12)19-16(21)11-6-5-10-7-8-18-14(10)9-11/h1-9,18H,(H2,17,20)(H,19,21). The molecule has 0 aliphatic heterocycles. The molecule has 5 heteroatoms. The Labute approximate surface area is 120 Å². The summed E-state index contributed by atoms with van der Waals surface area (Å²) in [5.74, 6) is -0.870. The van der Waals surface area contributed by atoms with Crippen molar-refractivity contribution in [3.8, 4) is 0 Å². The number of carbonyl (C=O) groups is 2. The minimum atomic E-state index is -0.578. The van der Waals surface area contributed by atoms with Gasteiger partial charge in [0.15, 0.2) is 0 Å². The lowest BCUT2D eigenvalue weighted by atomic mass is 10.1. The van der Waals surface area contributed by atoms with Gasteiger partial charge in [0, 0.05) is 17.3 Å². The summed E-state index contributed by atoms with van der Waals surface area (Å²) in [4.78, 5) is 26.7. The Morgan fingerprint density at radius 3 is 2.67 bits per heavy atom. The zero-order valence-electron chi connectivity index (χ0n) is 11.1. The van der Waals surface area contributed by atoms with Crippen LogP contribution < -0.4 is 11.1 Å². The molecule has 0 spiro atoms. The second-order valence-corrected chi connectivity index (χ2v) is 4.64. The van der Waals surface area contributed by atoms with E-state index in [1.807, 2.05) is 18.3 Å². The molecule has 0 saturated heterocycles. The Balaban J connectivity index is 1.91. The molecule has 3 rings (SSSR count). The minimum absolute atomic E-state index is 0.284. The summed E-state index contributed by atoms with van der Waals surface area (Å²) in [7, 11) is 0. The molecule has 1 aromatic heterocycles. The van der Waals surface area contributed by atoms with Gasteiger partial charge in [-0.05, 0) is 35.7 Å². The fourth-order valence-corrected chi connectivity index (χ4v) is 2.19. The molecule has 2 amide bonds. The lowest BCUT2D eigenvalue weighted by molar-refractivity contribution is 0.100. The highest BCUT2D eigenvalue weighted by Gasteiger charge is 2.12. The van der Waals surface area contributed by atoms with Gasteiger partial charge in [-0.2, -0.15) is 0 Å². The number of primary amides is 1. The monoisotopic (exact) mass is 279 g/mol. The molecule has 2 aromatic carbocycles. The molecule has 0 saturated carbocycles. The lowest BCUT2D eigenvalue weighted by Crippen LogP contribution is -2.18. The summed E-state index contributed by atoms with van der Waals surface area (Å²) in [6.07, 6.45) is 1.81. The number of aromatic amines is 1. The quantitative estimate of drug-likeness (QED) is 0.687. The molecule has 4 N–H and O–H groups in total. The minimum Gasteiger partial charge on any atom is -0.366 e. The average Bonchev–Trinajstić information content (AvgIpc) is 2.94. The normalized spacial score (nSPS) is 10.5. The number of benzene rings is 2. The molecule has 0 unspecified atom stereocenters. The van der Waals surface area contributed by atoms with Crippen molar-refractivity contribution >= 4 is 28.4 Å². The number of nitrogens with two attached hydrogens (primary N) is 1. The van der Waals surface area contributed by atoms with Crippen LogP contribution in [0.1, 0.15) is 20.7 Å². The van der Waals surface area contributed by atoms with Crippen LogP contribution in [-0.2, 0) is 0 Å². The fourth-order valence-electron chi connectivity index (χ4n) is 2.19. The molecule has 5 nitrogen and oxygen atoms in total. The number of hydrogen-bond acceptors (Lipinski definition) is 2. The highest BCUT2D eigenvalue weighted by Crippen LogP contribution is 2.18. The molecular weight excluding hydrogens is 266 g/mol. The molecule has 0 atom stereocenters. The van der Waals surface area contributed by atoms with Crippen LogP contribution in [0.3, 0.4) is 0 Å². The lowest BCUT2D eigenvalue weighted by Gasteiger charge is -2.08. The summed E-state index contributed by atoms with van der Waals surface area (Å²) in [6.45, 7) is 0. The maximum absolute atomic E-state index is 12.3. The van der Waals surface area contributed by atoms with Gasteiger partial charge < -0.3 is 16.0 Å². The topological polar surface area (TPSA) is 88.0 Å². The van der Waals surface area contributed by atoms with Crippen molar-refractivity contribution in [2.24, 2.45) is 5.73 Å². The van der Waals surface area contributed by atoms with E-state index in [9.17, 15) is 9.59 Å². The summed E-state index contributed by atoms with van der Waals surface area (Å²) in [5.41, 5.74) is 7.37. The van der Waals surface area contributed by atoms with Crippen molar-refractivity contribution in [1.29, 1.82) is 0 Å². The predicted molar refractivity (Wildman–Crippen MR) is 81.2 cm³/mol. The van der Waals surface area contributed by atoms with Crippen LogP contribution in [0.25, 0.3) is 10.9 Å². The van der Waals surface area contributed by atoms with Crippen molar-refractivity contribution in [1.82, 2.24) is 4.98 Å². The van der Waals surface area contributed by atoms with Gasteiger partial charge in [-0.1, -0.05) is 18.2 Å². The molecule has 3 aromatic rings. The Hall–Kier alpha value is -3.08. The summed E-state index contributed by atoms with van der Waals surface area (Å²) >= 11 is 0. The number of nitrogens with one attached hydrogen (secondary N) is 2. The molecule has 0 radical (unpaired) electrons. The molecule has 0 bridgehead atoms. The van der Waals surface area contributed by atoms with Crippen molar-refractivity contribution < 1.29 is 9.59 Å². The number of anilines is 1. The van der Waals surface area contributed by atoms with Gasteiger partial charge in [-0.15, -0.1) is 0 Å². The number of para-hydroxylation sites is 1. The summed E-state index contributed by atoms with van der Waals surface area (Å²) in [5, 5.41) is 3.74. The van der Waals surface area contributed by atoms with Crippen LogP contribution in [0.2, 0.25) is 0 Å². The SMILES string of the molecule is NC(=O)c1ccccc1NC(=O)c1ccc2cc[nH]c2c1. The number of hydrogen-bond donors (Lipinski definition) is 3. The van der Waals surface area contributed by atoms with Crippen molar-refractivity contribution in [3.05, 3.63) is 65.9 Å². The summed E-state index contributed by atoms with van der Waals surface area (Å²) in [6, 6.07) is 13.9. The van der Waals surface area contributed by atoms with Crippen LogP contribution in [0, 0.1) is 0 Å². The maximum atomic E-state index is 12.3. The van der Waals surface area contributed by atoms with Gasteiger partial charge in [-0.25, -0.2) is 0 Å². The first-order chi connectivity index (χ1) is 10.1. The smallest absolute Gasteiger partial charge is 0.255 e. The number of H-pyrrole nitrogens is 1. The molecule has 21 heavy (non-hydrogen) atoms. The van der Waals surface area contributed by atoms with Gasteiger partial charge in [0.1, 0.15) is 0 Å². The Morgan fingerprint density at radius 2 is 1.86 bits per heavy atom. The van der Waals surface area contributed by atoms with Gasteiger partial charge >= 0.3 is 0 Å². The highest BCUT2D eigenvalue weighted by atomic mass is 16.2. The van der Waals surface area contributed by atoms with E-state index in [0.717, 1.165) is 10.9 Å². The zero-order chi connectivity index (χ0) is 14.8. The molecule has 0 fully saturated rings. The van der Waals surface area contributed by atoms with E-state index in [0.29, 0.717) is 11.3 Å². The first-order valence-electron chi connectivity index (χ1n) is 6.42. The summed E-state index contributed by atoms with van der Waals surface area (Å²) < 4.78 is 0. The van der Waals surface area contributed by atoms with E-state index in [1.165, 1.54) is 0 Å². The van der Waals surface area contributed by atoms with Crippen molar-refractivity contribution in [2.75, 3.05) is 5.32 Å². The van der Waals surface area contributed by atoms with Gasteiger partial charge in [-0.3, -0.25) is 9.59 Å². The van der Waals surface area contributed by atoms with E-state index < -0.39 is 5.91 Å². The second-order valence-electron chi connectivity index (χ2n) is 4.64. The van der Waals surface area contributed by atoms with Crippen molar-refractivity contribution in [3.63, 3.8) is 0 Å². The van der Waals surface area contributed by atoms with Crippen LogP contribution in [0.4, 0.5) is 5.69 Å². The van der Waals surface area contributed by atoms with E-state index in [1.54, 1.807) is 36.4 Å². The van der Waals surface area contributed by atoms with E-state index in [-0.39, 0.29) is 11.5 Å². The molecular formula is C16H13N3O2.